The molecule has 102 valence electrons. The van der Waals surface area contributed by atoms with Gasteiger partial charge in [0.05, 0.1) is 0 Å². The minimum atomic E-state index is -0.416. The van der Waals surface area contributed by atoms with Gasteiger partial charge in [0.15, 0.2) is 0 Å². The molecule has 0 heterocycles. The first kappa shape index (κ1) is 13.7. The van der Waals surface area contributed by atoms with Gasteiger partial charge >= 0.3 is 0 Å². The average Bonchev–Trinajstić information content (AvgIpc) is 2.46. The lowest BCUT2D eigenvalue weighted by molar-refractivity contribution is -0.120. The fourth-order valence-corrected chi connectivity index (χ4v) is 1.75. The van der Waals surface area contributed by atoms with E-state index in [1.165, 1.54) is 29.2 Å². The van der Waals surface area contributed by atoms with Crippen molar-refractivity contribution in [2.24, 2.45) is 0 Å². The highest BCUT2D eigenvalue weighted by Gasteiger charge is 2.14. The zero-order valence-electron chi connectivity index (χ0n) is 10.7. The molecule has 0 N–H and O–H groups in total. The SMILES string of the molecule is CN(C(=O)c1cccc(OC=O)c1)c1cccc(F)c1. The minimum Gasteiger partial charge on any atom is -0.429 e. The molecule has 0 fully saturated rings. The van der Waals surface area contributed by atoms with Gasteiger partial charge in [-0.15, -0.1) is 0 Å². The Labute approximate surface area is 115 Å². The summed E-state index contributed by atoms with van der Waals surface area (Å²) in [6.45, 7) is 0.292. The van der Waals surface area contributed by atoms with Crippen molar-refractivity contribution in [2.75, 3.05) is 11.9 Å². The topological polar surface area (TPSA) is 46.6 Å². The number of halogens is 1. The zero-order valence-corrected chi connectivity index (χ0v) is 10.7. The molecule has 0 atom stereocenters. The number of anilines is 1. The van der Waals surface area contributed by atoms with E-state index in [4.69, 9.17) is 0 Å². The Morgan fingerprint density at radius 3 is 2.65 bits per heavy atom. The van der Waals surface area contributed by atoms with Crippen molar-refractivity contribution in [3.63, 3.8) is 0 Å². The van der Waals surface area contributed by atoms with Crippen molar-refractivity contribution in [1.82, 2.24) is 0 Å². The molecule has 5 heteroatoms. The van der Waals surface area contributed by atoms with Crippen LogP contribution in [0.3, 0.4) is 0 Å². The molecule has 0 saturated carbocycles. The molecule has 0 spiro atoms. The number of hydrogen-bond acceptors (Lipinski definition) is 3. The predicted octanol–water partition coefficient (Wildman–Crippen LogP) is 2.64. The fraction of sp³-hybridized carbons (Fsp3) is 0.0667. The van der Waals surface area contributed by atoms with E-state index in [2.05, 4.69) is 4.74 Å². The van der Waals surface area contributed by atoms with Crippen LogP contribution in [0.4, 0.5) is 10.1 Å². The molecule has 0 aromatic heterocycles. The monoisotopic (exact) mass is 273 g/mol. The van der Waals surface area contributed by atoms with Crippen LogP contribution in [0.2, 0.25) is 0 Å². The largest absolute Gasteiger partial charge is 0.429 e. The molecule has 0 aliphatic carbocycles. The van der Waals surface area contributed by atoms with E-state index in [9.17, 15) is 14.0 Å². The Morgan fingerprint density at radius 1 is 1.20 bits per heavy atom. The van der Waals surface area contributed by atoms with E-state index in [-0.39, 0.29) is 11.7 Å². The summed E-state index contributed by atoms with van der Waals surface area (Å²) in [5.41, 5.74) is 0.785. The molecule has 4 nitrogen and oxygen atoms in total. The molecule has 0 aliphatic rings. The summed E-state index contributed by atoms with van der Waals surface area (Å²) >= 11 is 0. The Hall–Kier alpha value is -2.69. The van der Waals surface area contributed by atoms with Gasteiger partial charge in [-0.3, -0.25) is 9.59 Å². The summed E-state index contributed by atoms with van der Waals surface area (Å²) in [5, 5.41) is 0. The van der Waals surface area contributed by atoms with Crippen LogP contribution < -0.4 is 9.64 Å². The quantitative estimate of drug-likeness (QED) is 0.804. The number of ether oxygens (including phenoxy) is 1. The minimum absolute atomic E-state index is 0.276. The van der Waals surface area contributed by atoms with Crippen LogP contribution in [-0.2, 0) is 4.79 Å². The first-order chi connectivity index (χ1) is 9.61. The van der Waals surface area contributed by atoms with Gasteiger partial charge in [-0.05, 0) is 36.4 Å². The number of nitrogens with zero attached hydrogens (tertiary/aromatic N) is 1. The molecule has 0 aliphatic heterocycles. The first-order valence-electron chi connectivity index (χ1n) is 5.86. The molecule has 2 aromatic rings. The third kappa shape index (κ3) is 3.00. The fourth-order valence-electron chi connectivity index (χ4n) is 1.75. The van der Waals surface area contributed by atoms with Crippen molar-refractivity contribution in [3.05, 3.63) is 59.9 Å². The number of hydrogen-bond donors (Lipinski definition) is 0. The molecular weight excluding hydrogens is 261 g/mol. The Balaban J connectivity index is 2.26. The van der Waals surface area contributed by atoms with Gasteiger partial charge < -0.3 is 9.64 Å². The highest BCUT2D eigenvalue weighted by atomic mass is 19.1. The van der Waals surface area contributed by atoms with Gasteiger partial charge in [0.2, 0.25) is 0 Å². The predicted molar refractivity (Wildman–Crippen MR) is 72.3 cm³/mol. The summed E-state index contributed by atoms with van der Waals surface area (Å²) < 4.78 is 17.9. The highest BCUT2D eigenvalue weighted by molar-refractivity contribution is 6.05. The maximum atomic E-state index is 13.2. The second-order valence-electron chi connectivity index (χ2n) is 4.09. The molecule has 2 rings (SSSR count). The third-order valence-corrected chi connectivity index (χ3v) is 2.77. The second kappa shape index (κ2) is 5.97. The summed E-state index contributed by atoms with van der Waals surface area (Å²) in [7, 11) is 1.55. The van der Waals surface area contributed by atoms with Gasteiger partial charge in [0.25, 0.3) is 12.4 Å². The molecular formula is C15H12FNO3. The lowest BCUT2D eigenvalue weighted by atomic mass is 10.1. The van der Waals surface area contributed by atoms with Gasteiger partial charge in [0, 0.05) is 18.3 Å². The van der Waals surface area contributed by atoms with Crippen molar-refractivity contribution < 1.29 is 18.7 Å². The number of carbonyl (C=O) groups is 2. The Bertz CT molecular complexity index is 643. The number of benzene rings is 2. The van der Waals surface area contributed by atoms with E-state index in [0.29, 0.717) is 17.7 Å². The Morgan fingerprint density at radius 2 is 1.95 bits per heavy atom. The molecule has 20 heavy (non-hydrogen) atoms. The zero-order chi connectivity index (χ0) is 14.5. The second-order valence-corrected chi connectivity index (χ2v) is 4.09. The van der Waals surface area contributed by atoms with Crippen LogP contribution in [-0.4, -0.2) is 19.4 Å². The van der Waals surface area contributed by atoms with Gasteiger partial charge in [-0.25, -0.2) is 4.39 Å². The molecule has 2 aromatic carbocycles. The average molecular weight is 273 g/mol. The maximum Gasteiger partial charge on any atom is 0.298 e. The van der Waals surface area contributed by atoms with Crippen LogP contribution in [0.15, 0.2) is 48.5 Å². The molecule has 0 unspecified atom stereocenters. The molecule has 1 amide bonds. The van der Waals surface area contributed by atoms with Gasteiger partial charge in [0.1, 0.15) is 11.6 Å². The number of rotatable bonds is 4. The first-order valence-corrected chi connectivity index (χ1v) is 5.86. The lowest BCUT2D eigenvalue weighted by Crippen LogP contribution is -2.26. The van der Waals surface area contributed by atoms with Gasteiger partial charge in [-0.2, -0.15) is 0 Å². The van der Waals surface area contributed by atoms with E-state index in [1.807, 2.05) is 0 Å². The number of carbonyl (C=O) groups excluding carboxylic acids is 2. The van der Waals surface area contributed by atoms with Crippen LogP contribution in [0.25, 0.3) is 0 Å². The van der Waals surface area contributed by atoms with Crippen LogP contribution >= 0.6 is 0 Å². The molecule has 0 bridgehead atoms. The summed E-state index contributed by atoms with van der Waals surface area (Å²) in [6, 6.07) is 11.9. The van der Waals surface area contributed by atoms with Crippen LogP contribution in [0, 0.1) is 5.82 Å². The van der Waals surface area contributed by atoms with Crippen LogP contribution in [0.1, 0.15) is 10.4 Å². The van der Waals surface area contributed by atoms with Crippen LogP contribution in [0.5, 0.6) is 5.75 Å². The van der Waals surface area contributed by atoms with Crippen molar-refractivity contribution in [3.8, 4) is 5.75 Å². The smallest absolute Gasteiger partial charge is 0.298 e. The van der Waals surface area contributed by atoms with E-state index in [1.54, 1.807) is 31.3 Å². The standard InChI is InChI=1S/C15H12FNO3/c1-17(13-6-3-5-12(16)9-13)15(19)11-4-2-7-14(8-11)20-10-18/h2-10H,1H3. The third-order valence-electron chi connectivity index (χ3n) is 2.77. The normalized spacial score (nSPS) is 9.90. The van der Waals surface area contributed by atoms with E-state index in [0.717, 1.165) is 0 Å². The Kier molecular flexibility index (Phi) is 4.10. The van der Waals surface area contributed by atoms with Crippen molar-refractivity contribution >= 4 is 18.1 Å². The van der Waals surface area contributed by atoms with Gasteiger partial charge in [-0.1, -0.05) is 12.1 Å². The van der Waals surface area contributed by atoms with Crippen molar-refractivity contribution in [2.45, 2.75) is 0 Å². The molecule has 0 saturated heterocycles. The summed E-state index contributed by atoms with van der Waals surface area (Å²) in [4.78, 5) is 23.9. The van der Waals surface area contributed by atoms with Crippen molar-refractivity contribution in [1.29, 1.82) is 0 Å². The number of amides is 1. The van der Waals surface area contributed by atoms with E-state index >= 15 is 0 Å². The maximum absolute atomic E-state index is 13.2. The van der Waals surface area contributed by atoms with E-state index < -0.39 is 5.82 Å². The lowest BCUT2D eigenvalue weighted by Gasteiger charge is -2.17. The summed E-state index contributed by atoms with van der Waals surface area (Å²) in [5.74, 6) is -0.467. The summed E-state index contributed by atoms with van der Waals surface area (Å²) in [6.07, 6.45) is 0. The molecule has 0 radical (unpaired) electrons. The highest BCUT2D eigenvalue weighted by Crippen LogP contribution is 2.19.